The molecule has 7 heteroatoms. The number of nitrogens with zero attached hydrogens (tertiary/aromatic N) is 1. The Bertz CT molecular complexity index is 860. The normalized spacial score (nSPS) is 17.6. The summed E-state index contributed by atoms with van der Waals surface area (Å²) in [6.07, 6.45) is 0. The van der Waals surface area contributed by atoms with E-state index in [2.05, 4.69) is 5.32 Å². The number of hydrogen-bond acceptors (Lipinski definition) is 6. The number of morpholine rings is 1. The minimum Gasteiger partial charge on any atom is -0.482 e. The minimum atomic E-state index is -0.480. The van der Waals surface area contributed by atoms with Crippen molar-refractivity contribution in [3.05, 3.63) is 38.6 Å². The lowest BCUT2D eigenvalue weighted by Gasteiger charge is -2.31. The number of nitrogens with one attached hydrogen (secondary N) is 1. The van der Waals surface area contributed by atoms with Gasteiger partial charge in [0, 0.05) is 13.1 Å². The number of fused-ring (bicyclic) bond motifs is 1. The zero-order chi connectivity index (χ0) is 16.0. The Morgan fingerprint density at radius 1 is 1.04 bits per heavy atom. The van der Waals surface area contributed by atoms with Crippen LogP contribution in [0.15, 0.2) is 27.8 Å². The molecule has 2 aromatic rings. The van der Waals surface area contributed by atoms with E-state index >= 15 is 0 Å². The first kappa shape index (κ1) is 14.0. The van der Waals surface area contributed by atoms with E-state index in [4.69, 9.17) is 9.47 Å². The Kier molecular flexibility index (Phi) is 3.16. The highest BCUT2D eigenvalue weighted by Gasteiger charge is 2.29. The fourth-order valence-electron chi connectivity index (χ4n) is 2.97. The third-order valence-corrected chi connectivity index (χ3v) is 4.12. The zero-order valence-corrected chi connectivity index (χ0v) is 12.3. The molecule has 0 saturated carbocycles. The van der Waals surface area contributed by atoms with Crippen LogP contribution in [0.25, 0.3) is 11.1 Å². The average molecular weight is 314 g/mol. The van der Waals surface area contributed by atoms with Gasteiger partial charge in [-0.3, -0.25) is 14.4 Å². The first-order chi connectivity index (χ1) is 11.1. The van der Waals surface area contributed by atoms with Crippen molar-refractivity contribution in [3.8, 4) is 16.9 Å². The molecule has 0 radical (unpaired) electrons. The van der Waals surface area contributed by atoms with Gasteiger partial charge in [0.1, 0.15) is 11.4 Å². The van der Waals surface area contributed by atoms with Crippen LogP contribution in [-0.2, 0) is 9.53 Å². The van der Waals surface area contributed by atoms with E-state index in [1.165, 1.54) is 0 Å². The predicted molar refractivity (Wildman–Crippen MR) is 83.9 cm³/mol. The van der Waals surface area contributed by atoms with E-state index < -0.39 is 10.9 Å². The molecule has 118 valence electrons. The topological polar surface area (TPSA) is 84.9 Å². The molecule has 2 aliphatic rings. The van der Waals surface area contributed by atoms with Crippen molar-refractivity contribution in [2.75, 3.05) is 43.1 Å². The maximum atomic E-state index is 12.1. The Morgan fingerprint density at radius 2 is 1.83 bits per heavy atom. The zero-order valence-electron chi connectivity index (χ0n) is 12.3. The minimum absolute atomic E-state index is 0.0568. The summed E-state index contributed by atoms with van der Waals surface area (Å²) in [6.45, 7) is 2.21. The van der Waals surface area contributed by atoms with Gasteiger partial charge in [-0.05, 0) is 17.7 Å². The van der Waals surface area contributed by atoms with Gasteiger partial charge < -0.3 is 19.7 Å². The second-order valence-electron chi connectivity index (χ2n) is 5.53. The molecule has 1 amide bonds. The first-order valence-electron chi connectivity index (χ1n) is 7.38. The molecule has 0 aliphatic carbocycles. The molecule has 7 nitrogen and oxygen atoms in total. The summed E-state index contributed by atoms with van der Waals surface area (Å²) >= 11 is 0. The molecule has 2 aromatic carbocycles. The summed E-state index contributed by atoms with van der Waals surface area (Å²) < 4.78 is 10.7. The van der Waals surface area contributed by atoms with Crippen LogP contribution >= 0.6 is 0 Å². The van der Waals surface area contributed by atoms with Crippen molar-refractivity contribution >= 4 is 17.3 Å². The Morgan fingerprint density at radius 3 is 2.61 bits per heavy atom. The van der Waals surface area contributed by atoms with Crippen molar-refractivity contribution in [3.63, 3.8) is 0 Å². The summed E-state index contributed by atoms with van der Waals surface area (Å²) in [6, 6.07) is 5.09. The van der Waals surface area contributed by atoms with Crippen LogP contribution in [0.5, 0.6) is 5.75 Å². The van der Waals surface area contributed by atoms with Gasteiger partial charge in [-0.2, -0.15) is 0 Å². The molecule has 4 rings (SSSR count). The quantitative estimate of drug-likeness (QED) is 0.793. The summed E-state index contributed by atoms with van der Waals surface area (Å²) in [7, 11) is 0. The second kappa shape index (κ2) is 5.20. The van der Waals surface area contributed by atoms with Gasteiger partial charge in [0.2, 0.25) is 10.9 Å². The number of amides is 1. The van der Waals surface area contributed by atoms with Crippen LogP contribution in [0.2, 0.25) is 0 Å². The summed E-state index contributed by atoms with van der Waals surface area (Å²) in [5.41, 5.74) is 1.14. The molecule has 0 aromatic heterocycles. The molecule has 0 bridgehead atoms. The molecular weight excluding hydrogens is 300 g/mol. The van der Waals surface area contributed by atoms with Crippen molar-refractivity contribution in [1.29, 1.82) is 0 Å². The first-order valence-corrected chi connectivity index (χ1v) is 7.38. The van der Waals surface area contributed by atoms with Crippen molar-refractivity contribution in [2.24, 2.45) is 0 Å². The number of rotatable bonds is 2. The lowest BCUT2D eigenvalue weighted by Crippen LogP contribution is -2.46. The van der Waals surface area contributed by atoms with Gasteiger partial charge >= 0.3 is 0 Å². The van der Waals surface area contributed by atoms with Crippen molar-refractivity contribution in [2.45, 2.75) is 0 Å². The largest absolute Gasteiger partial charge is 0.482 e. The van der Waals surface area contributed by atoms with Gasteiger partial charge in [0.25, 0.3) is 5.91 Å². The fourth-order valence-corrected chi connectivity index (χ4v) is 2.97. The number of benzene rings is 1. The van der Waals surface area contributed by atoms with Crippen molar-refractivity contribution < 1.29 is 14.3 Å². The van der Waals surface area contributed by atoms with E-state index in [1.807, 2.05) is 4.90 Å². The summed E-state index contributed by atoms with van der Waals surface area (Å²) in [5, 5.41) is 2.70. The lowest BCUT2D eigenvalue weighted by molar-refractivity contribution is -0.118. The molecule has 0 unspecified atom stereocenters. The smallest absolute Gasteiger partial charge is 0.262 e. The van der Waals surface area contributed by atoms with E-state index in [-0.39, 0.29) is 12.5 Å². The van der Waals surface area contributed by atoms with Gasteiger partial charge in [-0.1, -0.05) is 6.07 Å². The highest BCUT2D eigenvalue weighted by molar-refractivity contribution is 5.96. The molecule has 0 atom stereocenters. The van der Waals surface area contributed by atoms with Gasteiger partial charge in [-0.15, -0.1) is 0 Å². The molecule has 23 heavy (non-hydrogen) atoms. The summed E-state index contributed by atoms with van der Waals surface area (Å²) in [4.78, 5) is 37.3. The SMILES string of the molecule is O=C1COc2cc(-c3c(N4CCOCC4)c(=O)c3=O)ccc2N1. The van der Waals surface area contributed by atoms with E-state index in [0.717, 1.165) is 0 Å². The maximum absolute atomic E-state index is 12.1. The molecule has 0 spiro atoms. The van der Waals surface area contributed by atoms with Crippen LogP contribution in [0.3, 0.4) is 0 Å². The molecule has 1 N–H and O–H groups in total. The number of anilines is 2. The molecule has 2 aliphatic heterocycles. The monoisotopic (exact) mass is 314 g/mol. The lowest BCUT2D eigenvalue weighted by atomic mass is 9.96. The van der Waals surface area contributed by atoms with E-state index in [9.17, 15) is 14.4 Å². The van der Waals surface area contributed by atoms with Crippen molar-refractivity contribution in [1.82, 2.24) is 0 Å². The number of carbonyl (C=O) groups is 1. The average Bonchev–Trinajstić information content (AvgIpc) is 2.59. The highest BCUT2D eigenvalue weighted by atomic mass is 16.5. The van der Waals surface area contributed by atoms with Crippen LogP contribution in [-0.4, -0.2) is 38.8 Å². The highest BCUT2D eigenvalue weighted by Crippen LogP contribution is 2.35. The number of ether oxygens (including phenoxy) is 2. The molecule has 2 heterocycles. The van der Waals surface area contributed by atoms with E-state index in [1.54, 1.807) is 18.2 Å². The molecular formula is C16H14N2O5. The Labute approximate surface area is 131 Å². The Balaban J connectivity index is 1.74. The van der Waals surface area contributed by atoms with Crippen LogP contribution in [0.4, 0.5) is 11.4 Å². The molecule has 1 fully saturated rings. The van der Waals surface area contributed by atoms with E-state index in [0.29, 0.717) is 54.6 Å². The second-order valence-corrected chi connectivity index (χ2v) is 5.53. The molecule has 1 saturated heterocycles. The third kappa shape index (κ3) is 2.20. The number of carbonyl (C=O) groups excluding carboxylic acids is 1. The van der Waals surface area contributed by atoms with Gasteiger partial charge in [0.15, 0.2) is 6.61 Å². The van der Waals surface area contributed by atoms with Crippen LogP contribution < -0.4 is 25.8 Å². The van der Waals surface area contributed by atoms with Crippen LogP contribution in [0, 0.1) is 0 Å². The summed E-state index contributed by atoms with van der Waals surface area (Å²) in [5.74, 6) is 0.288. The maximum Gasteiger partial charge on any atom is 0.262 e. The van der Waals surface area contributed by atoms with Gasteiger partial charge in [-0.25, -0.2) is 0 Å². The Hall–Kier alpha value is -2.67. The fraction of sp³-hybridized carbons (Fsp3) is 0.312. The standard InChI is InChI=1S/C16H14N2O5/c19-12-8-23-11-7-9(1-2-10(11)17-12)13-14(16(21)15(13)20)18-3-5-22-6-4-18/h1-2,7H,3-6,8H2,(H,17,19). The van der Waals surface area contributed by atoms with Gasteiger partial charge in [0.05, 0.1) is 24.5 Å². The third-order valence-electron chi connectivity index (χ3n) is 4.12. The number of hydrogen-bond donors (Lipinski definition) is 1. The predicted octanol–water partition coefficient (Wildman–Crippen LogP) is 0.117. The van der Waals surface area contributed by atoms with Crippen LogP contribution in [0.1, 0.15) is 0 Å².